The van der Waals surface area contributed by atoms with Crippen molar-refractivity contribution in [3.05, 3.63) is 34.9 Å². The van der Waals surface area contributed by atoms with Crippen molar-refractivity contribution in [1.29, 1.82) is 0 Å². The molecule has 2 N–H and O–H groups in total. The molecule has 1 aromatic rings. The van der Waals surface area contributed by atoms with Crippen LogP contribution in [-0.4, -0.2) is 59.2 Å². The fraction of sp³-hybridized carbons (Fsp3) is 0.550. The van der Waals surface area contributed by atoms with Gasteiger partial charge in [0.15, 0.2) is 0 Å². The maximum atomic E-state index is 12.9. The number of nitrogens with zero attached hydrogens (tertiary/aromatic N) is 2. The van der Waals surface area contributed by atoms with Crippen LogP contribution in [0.4, 0.5) is 0 Å². The summed E-state index contributed by atoms with van der Waals surface area (Å²) in [6.07, 6.45) is 1.80. The number of nitrogens with one attached hydrogen (secondary N) is 2. The van der Waals surface area contributed by atoms with Crippen LogP contribution in [0.3, 0.4) is 0 Å². The molecule has 0 bridgehead atoms. The van der Waals surface area contributed by atoms with E-state index in [2.05, 4.69) is 28.5 Å². The van der Waals surface area contributed by atoms with E-state index in [9.17, 15) is 14.4 Å². The minimum Gasteiger partial charge on any atom is -0.322 e. The summed E-state index contributed by atoms with van der Waals surface area (Å²) in [6, 6.07) is 6.06. The monoisotopic (exact) mass is 370 g/mol. The highest BCUT2D eigenvalue weighted by Crippen LogP contribution is 2.28. The van der Waals surface area contributed by atoms with Crippen molar-refractivity contribution in [3.63, 3.8) is 0 Å². The quantitative estimate of drug-likeness (QED) is 0.763. The van der Waals surface area contributed by atoms with Crippen molar-refractivity contribution < 1.29 is 14.4 Å². The van der Waals surface area contributed by atoms with E-state index >= 15 is 0 Å². The molecule has 2 fully saturated rings. The summed E-state index contributed by atoms with van der Waals surface area (Å²) in [6.45, 7) is 6.49. The first kappa shape index (κ1) is 18.1. The molecule has 3 amide bonds. The molecule has 1 aromatic carbocycles. The number of benzene rings is 1. The van der Waals surface area contributed by atoms with Crippen molar-refractivity contribution in [2.75, 3.05) is 19.6 Å². The molecule has 0 radical (unpaired) electrons. The second-order valence-electron chi connectivity index (χ2n) is 7.81. The number of hydrogen-bond acceptors (Lipinski definition) is 5. The molecule has 3 aliphatic rings. The Morgan fingerprint density at radius 1 is 1.15 bits per heavy atom. The van der Waals surface area contributed by atoms with Gasteiger partial charge in [-0.15, -0.1) is 0 Å². The number of amides is 3. The van der Waals surface area contributed by atoms with Crippen LogP contribution in [0.15, 0.2) is 18.2 Å². The third kappa shape index (κ3) is 3.75. The number of piperidine rings is 1. The predicted octanol–water partition coefficient (Wildman–Crippen LogP) is 0.631. The second kappa shape index (κ2) is 7.40. The summed E-state index contributed by atoms with van der Waals surface area (Å²) >= 11 is 0. The van der Waals surface area contributed by atoms with E-state index in [0.29, 0.717) is 24.6 Å². The third-order valence-corrected chi connectivity index (χ3v) is 5.80. The number of hydrogen-bond donors (Lipinski definition) is 2. The molecular weight excluding hydrogens is 344 g/mol. The van der Waals surface area contributed by atoms with Gasteiger partial charge in [0.25, 0.3) is 5.91 Å². The minimum absolute atomic E-state index is 0.104. The molecule has 4 rings (SSSR count). The highest BCUT2D eigenvalue weighted by atomic mass is 16.2. The Labute approximate surface area is 159 Å². The van der Waals surface area contributed by atoms with Crippen LogP contribution >= 0.6 is 0 Å². The van der Waals surface area contributed by atoms with Crippen LogP contribution < -0.4 is 10.6 Å². The lowest BCUT2D eigenvalue weighted by Crippen LogP contribution is -2.52. The molecule has 2 atom stereocenters. The van der Waals surface area contributed by atoms with E-state index in [4.69, 9.17) is 0 Å². The molecular formula is C20H26N4O3. The molecule has 144 valence electrons. The van der Waals surface area contributed by atoms with Crippen LogP contribution in [0.5, 0.6) is 0 Å². The molecule has 2 saturated heterocycles. The molecule has 0 aromatic heterocycles. The molecule has 7 nitrogen and oxygen atoms in total. The summed E-state index contributed by atoms with van der Waals surface area (Å²) < 4.78 is 0. The van der Waals surface area contributed by atoms with E-state index in [0.717, 1.165) is 43.7 Å². The van der Waals surface area contributed by atoms with Crippen molar-refractivity contribution >= 4 is 17.7 Å². The van der Waals surface area contributed by atoms with Crippen molar-refractivity contribution in [2.45, 2.75) is 51.4 Å². The Morgan fingerprint density at radius 2 is 2.00 bits per heavy atom. The maximum absolute atomic E-state index is 12.9. The topological polar surface area (TPSA) is 81.8 Å². The van der Waals surface area contributed by atoms with Gasteiger partial charge in [-0.05, 0) is 37.0 Å². The standard InChI is InChI=1S/C20H26N4O3/c1-13-6-8-23(9-7-21-13)11-14-2-3-15-12-24(20(27)16(15)10-14)17-4-5-18(25)22-19(17)26/h2-3,10,13,17,21H,4-9,11-12H2,1H3,(H,22,25,26). The van der Waals surface area contributed by atoms with E-state index in [1.54, 1.807) is 4.90 Å². The average Bonchev–Trinajstić information content (AvgIpc) is 2.81. The van der Waals surface area contributed by atoms with Gasteiger partial charge >= 0.3 is 0 Å². The van der Waals surface area contributed by atoms with Crippen molar-refractivity contribution in [3.8, 4) is 0 Å². The SMILES string of the molecule is CC1CCN(Cc2ccc3c(c2)C(=O)N(C2CCC(=O)NC2=O)C3)CCN1. The predicted molar refractivity (Wildman–Crippen MR) is 99.8 cm³/mol. The normalized spacial score (nSPS) is 26.7. The van der Waals surface area contributed by atoms with Crippen molar-refractivity contribution in [1.82, 2.24) is 20.4 Å². The van der Waals surface area contributed by atoms with Gasteiger partial charge < -0.3 is 10.2 Å². The van der Waals surface area contributed by atoms with Gasteiger partial charge in [0.2, 0.25) is 11.8 Å². The lowest BCUT2D eigenvalue weighted by atomic mass is 10.0. The maximum Gasteiger partial charge on any atom is 0.255 e. The van der Waals surface area contributed by atoms with E-state index in [-0.39, 0.29) is 24.1 Å². The Hall–Kier alpha value is -2.25. The van der Waals surface area contributed by atoms with Gasteiger partial charge in [0, 0.05) is 50.7 Å². The van der Waals surface area contributed by atoms with Crippen LogP contribution in [0, 0.1) is 0 Å². The molecule has 0 saturated carbocycles. The summed E-state index contributed by atoms with van der Waals surface area (Å²) in [5.74, 6) is -0.727. The zero-order valence-electron chi connectivity index (χ0n) is 15.7. The van der Waals surface area contributed by atoms with Gasteiger partial charge in [0.05, 0.1) is 0 Å². The zero-order chi connectivity index (χ0) is 19.0. The molecule has 3 aliphatic heterocycles. The van der Waals surface area contributed by atoms with Crippen LogP contribution in [0.25, 0.3) is 0 Å². The van der Waals surface area contributed by atoms with Crippen LogP contribution in [0.1, 0.15) is 47.7 Å². The molecule has 3 heterocycles. The number of carbonyl (C=O) groups excluding carboxylic acids is 3. The lowest BCUT2D eigenvalue weighted by molar-refractivity contribution is -0.136. The zero-order valence-corrected chi connectivity index (χ0v) is 15.7. The first-order valence-electron chi connectivity index (χ1n) is 9.73. The third-order valence-electron chi connectivity index (χ3n) is 5.80. The fourth-order valence-electron chi connectivity index (χ4n) is 4.18. The Bertz CT molecular complexity index is 778. The molecule has 0 aliphatic carbocycles. The van der Waals surface area contributed by atoms with E-state index in [1.807, 2.05) is 12.1 Å². The first-order chi connectivity index (χ1) is 13.0. The Morgan fingerprint density at radius 3 is 2.81 bits per heavy atom. The highest BCUT2D eigenvalue weighted by molar-refractivity contribution is 6.05. The number of carbonyl (C=O) groups is 3. The molecule has 7 heteroatoms. The number of fused-ring (bicyclic) bond motifs is 1. The van der Waals surface area contributed by atoms with E-state index < -0.39 is 6.04 Å². The van der Waals surface area contributed by atoms with Gasteiger partial charge in [-0.1, -0.05) is 12.1 Å². The second-order valence-corrected chi connectivity index (χ2v) is 7.81. The Balaban J connectivity index is 1.46. The smallest absolute Gasteiger partial charge is 0.255 e. The molecule has 0 spiro atoms. The largest absolute Gasteiger partial charge is 0.322 e. The molecule has 27 heavy (non-hydrogen) atoms. The van der Waals surface area contributed by atoms with E-state index in [1.165, 1.54) is 0 Å². The van der Waals surface area contributed by atoms with Crippen LogP contribution in [-0.2, 0) is 22.7 Å². The number of imide groups is 1. The Kier molecular flexibility index (Phi) is 4.97. The summed E-state index contributed by atoms with van der Waals surface area (Å²) in [4.78, 5) is 40.4. The summed E-state index contributed by atoms with van der Waals surface area (Å²) in [5.41, 5.74) is 2.78. The first-order valence-corrected chi connectivity index (χ1v) is 9.73. The highest BCUT2D eigenvalue weighted by Gasteiger charge is 2.39. The van der Waals surface area contributed by atoms with Crippen molar-refractivity contribution in [2.24, 2.45) is 0 Å². The fourth-order valence-corrected chi connectivity index (χ4v) is 4.18. The molecule has 2 unspecified atom stereocenters. The minimum atomic E-state index is -0.552. The van der Waals surface area contributed by atoms with Crippen LogP contribution in [0.2, 0.25) is 0 Å². The van der Waals surface area contributed by atoms with Gasteiger partial charge in [-0.2, -0.15) is 0 Å². The van der Waals surface area contributed by atoms with Gasteiger partial charge in [-0.3, -0.25) is 24.6 Å². The van der Waals surface area contributed by atoms with Gasteiger partial charge in [-0.25, -0.2) is 0 Å². The summed E-state index contributed by atoms with van der Waals surface area (Å²) in [5, 5.41) is 5.84. The summed E-state index contributed by atoms with van der Waals surface area (Å²) in [7, 11) is 0. The lowest BCUT2D eigenvalue weighted by Gasteiger charge is -2.29. The number of rotatable bonds is 3. The average molecular weight is 370 g/mol. The van der Waals surface area contributed by atoms with Gasteiger partial charge in [0.1, 0.15) is 6.04 Å².